The summed E-state index contributed by atoms with van der Waals surface area (Å²) in [4.78, 5) is 8.89. The van der Waals surface area contributed by atoms with Gasteiger partial charge >= 0.3 is 0 Å². The van der Waals surface area contributed by atoms with Crippen LogP contribution in [-0.2, 0) is 17.9 Å². The summed E-state index contributed by atoms with van der Waals surface area (Å²) in [5, 5.41) is 4.05. The van der Waals surface area contributed by atoms with E-state index in [0.717, 1.165) is 17.0 Å². The number of hydrogen-bond donors (Lipinski definition) is 0. The van der Waals surface area contributed by atoms with Gasteiger partial charge in [-0.25, -0.2) is 9.37 Å². The summed E-state index contributed by atoms with van der Waals surface area (Å²) in [5.74, 6) is 1.26. The molecule has 2 aromatic carbocycles. The lowest BCUT2D eigenvalue weighted by atomic mass is 10.1. The normalized spacial score (nSPS) is 15.9. The highest BCUT2D eigenvalue weighted by atomic mass is 19.1. The molecule has 7 nitrogen and oxygen atoms in total. The molecule has 8 heteroatoms. The van der Waals surface area contributed by atoms with Crippen LogP contribution in [0.4, 0.5) is 4.39 Å². The largest absolute Gasteiger partial charge is 0.497 e. The maximum absolute atomic E-state index is 14.1. The van der Waals surface area contributed by atoms with Crippen molar-refractivity contribution in [3.8, 4) is 28.7 Å². The van der Waals surface area contributed by atoms with E-state index in [1.165, 1.54) is 6.07 Å². The number of fused-ring (bicyclic) bond motifs is 1. The minimum atomic E-state index is -0.372. The van der Waals surface area contributed by atoms with Crippen LogP contribution < -0.4 is 4.74 Å². The first-order valence-corrected chi connectivity index (χ1v) is 9.11. The molecular formula is C21H17FN4O3. The number of methoxy groups -OCH3 is 1. The first kappa shape index (κ1) is 17.6. The first-order valence-electron chi connectivity index (χ1n) is 9.11. The van der Waals surface area contributed by atoms with Gasteiger partial charge in [0.1, 0.15) is 17.7 Å². The molecule has 0 spiro atoms. The second-order valence-corrected chi connectivity index (χ2v) is 6.67. The maximum Gasteiger partial charge on any atom is 0.278 e. The molecule has 0 radical (unpaired) electrons. The molecule has 4 aromatic rings. The number of imidazole rings is 1. The van der Waals surface area contributed by atoms with Crippen LogP contribution in [0.5, 0.6) is 5.75 Å². The molecule has 0 saturated heterocycles. The Morgan fingerprint density at radius 1 is 1.14 bits per heavy atom. The van der Waals surface area contributed by atoms with E-state index >= 15 is 0 Å². The Balaban J connectivity index is 1.41. The van der Waals surface area contributed by atoms with Gasteiger partial charge in [0.15, 0.2) is 5.69 Å². The Kier molecular flexibility index (Phi) is 4.33. The molecule has 5 rings (SSSR count). The third-order valence-corrected chi connectivity index (χ3v) is 4.96. The maximum atomic E-state index is 14.1. The zero-order chi connectivity index (χ0) is 19.8. The number of rotatable bonds is 4. The molecule has 1 atom stereocenters. The molecule has 0 bridgehead atoms. The molecular weight excluding hydrogens is 375 g/mol. The van der Waals surface area contributed by atoms with Crippen molar-refractivity contribution in [1.29, 1.82) is 0 Å². The third kappa shape index (κ3) is 3.17. The van der Waals surface area contributed by atoms with Gasteiger partial charge in [-0.2, -0.15) is 4.98 Å². The van der Waals surface area contributed by atoms with Gasteiger partial charge in [-0.3, -0.25) is 0 Å². The van der Waals surface area contributed by atoms with Gasteiger partial charge in [0.25, 0.3) is 5.89 Å². The minimum absolute atomic E-state index is 0.272. The Labute approximate surface area is 165 Å². The average molecular weight is 392 g/mol. The predicted octanol–water partition coefficient (Wildman–Crippen LogP) is 4.02. The molecule has 0 N–H and O–H groups in total. The van der Waals surface area contributed by atoms with E-state index in [1.54, 1.807) is 31.6 Å². The van der Waals surface area contributed by atoms with Gasteiger partial charge in [0.2, 0.25) is 5.82 Å². The molecule has 0 unspecified atom stereocenters. The summed E-state index contributed by atoms with van der Waals surface area (Å²) in [6.07, 6.45) is 1.32. The summed E-state index contributed by atoms with van der Waals surface area (Å²) in [7, 11) is 1.61. The van der Waals surface area contributed by atoms with Gasteiger partial charge in [-0.15, -0.1) is 0 Å². The Morgan fingerprint density at radius 3 is 2.76 bits per heavy atom. The molecule has 1 aliphatic rings. The Bertz CT molecular complexity index is 1150. The molecule has 0 aliphatic carbocycles. The lowest BCUT2D eigenvalue weighted by Crippen LogP contribution is -2.21. The van der Waals surface area contributed by atoms with E-state index in [0.29, 0.717) is 29.5 Å². The van der Waals surface area contributed by atoms with Crippen LogP contribution >= 0.6 is 0 Å². The van der Waals surface area contributed by atoms with Crippen LogP contribution in [0.1, 0.15) is 17.4 Å². The highest BCUT2D eigenvalue weighted by Crippen LogP contribution is 2.32. The molecule has 0 saturated carbocycles. The number of hydrogen-bond acceptors (Lipinski definition) is 6. The Hall–Kier alpha value is -3.52. The summed E-state index contributed by atoms with van der Waals surface area (Å²) in [6, 6.07) is 14.0. The average Bonchev–Trinajstić information content (AvgIpc) is 3.41. The Morgan fingerprint density at radius 2 is 1.97 bits per heavy atom. The molecule has 29 heavy (non-hydrogen) atoms. The molecule has 146 valence electrons. The lowest BCUT2D eigenvalue weighted by molar-refractivity contribution is 0.00126. The highest BCUT2D eigenvalue weighted by molar-refractivity contribution is 5.59. The minimum Gasteiger partial charge on any atom is -0.497 e. The molecule has 1 aliphatic heterocycles. The monoisotopic (exact) mass is 392 g/mol. The van der Waals surface area contributed by atoms with Gasteiger partial charge in [0, 0.05) is 11.1 Å². The third-order valence-electron chi connectivity index (χ3n) is 4.96. The van der Waals surface area contributed by atoms with Crippen molar-refractivity contribution in [3.05, 3.63) is 71.9 Å². The van der Waals surface area contributed by atoms with Crippen molar-refractivity contribution in [2.45, 2.75) is 19.3 Å². The van der Waals surface area contributed by atoms with Gasteiger partial charge in [-0.05, 0) is 30.3 Å². The van der Waals surface area contributed by atoms with Crippen molar-refractivity contribution in [1.82, 2.24) is 19.7 Å². The second-order valence-electron chi connectivity index (χ2n) is 6.67. The molecule has 0 fully saturated rings. The van der Waals surface area contributed by atoms with Gasteiger partial charge in [-0.1, -0.05) is 23.4 Å². The van der Waals surface area contributed by atoms with Crippen LogP contribution in [0.25, 0.3) is 23.0 Å². The summed E-state index contributed by atoms with van der Waals surface area (Å²) >= 11 is 0. The van der Waals surface area contributed by atoms with Crippen LogP contribution in [0.15, 0.2) is 59.4 Å². The zero-order valence-electron chi connectivity index (χ0n) is 15.6. The molecule has 0 amide bonds. The summed E-state index contributed by atoms with van der Waals surface area (Å²) < 4.78 is 32.5. The van der Waals surface area contributed by atoms with E-state index in [4.69, 9.17) is 14.0 Å². The smallest absolute Gasteiger partial charge is 0.278 e. The van der Waals surface area contributed by atoms with E-state index in [2.05, 4.69) is 15.1 Å². The van der Waals surface area contributed by atoms with E-state index < -0.39 is 0 Å². The SMILES string of the molecule is COc1ccc(-c2noc(-c3ncn4c3CO[C@@H](c3ccccc3F)C4)n2)cc1. The van der Waals surface area contributed by atoms with Crippen LogP contribution in [0.2, 0.25) is 0 Å². The van der Waals surface area contributed by atoms with E-state index in [-0.39, 0.29) is 18.5 Å². The number of halogens is 1. The quantitative estimate of drug-likeness (QED) is 0.522. The fourth-order valence-electron chi connectivity index (χ4n) is 3.41. The topological polar surface area (TPSA) is 75.2 Å². The van der Waals surface area contributed by atoms with Crippen molar-refractivity contribution in [2.75, 3.05) is 7.11 Å². The van der Waals surface area contributed by atoms with Crippen molar-refractivity contribution < 1.29 is 18.4 Å². The van der Waals surface area contributed by atoms with Gasteiger partial charge in [0.05, 0.1) is 32.3 Å². The van der Waals surface area contributed by atoms with E-state index in [9.17, 15) is 4.39 Å². The number of benzene rings is 2. The summed E-state index contributed by atoms with van der Waals surface area (Å²) in [6.45, 7) is 0.733. The van der Waals surface area contributed by atoms with Gasteiger partial charge < -0.3 is 18.6 Å². The molecule has 2 aromatic heterocycles. The van der Waals surface area contributed by atoms with E-state index in [1.807, 2.05) is 28.8 Å². The fraction of sp³-hybridized carbons (Fsp3) is 0.190. The molecule has 3 heterocycles. The lowest BCUT2D eigenvalue weighted by Gasteiger charge is -2.25. The van der Waals surface area contributed by atoms with Crippen LogP contribution in [-0.4, -0.2) is 26.8 Å². The number of nitrogens with zero attached hydrogens (tertiary/aromatic N) is 4. The van der Waals surface area contributed by atoms with Crippen molar-refractivity contribution in [3.63, 3.8) is 0 Å². The van der Waals surface area contributed by atoms with Crippen molar-refractivity contribution in [2.24, 2.45) is 0 Å². The second kappa shape index (κ2) is 7.14. The standard InChI is InChI=1S/C21H17FN4O3/c1-27-14-8-6-13(7-9-14)20-24-21(29-25-20)19-17-11-28-18(10-26(17)12-23-19)15-4-2-3-5-16(15)22/h2-9,12,18H,10-11H2,1H3/t18-/m1/s1. The predicted molar refractivity (Wildman–Crippen MR) is 101 cm³/mol. The zero-order valence-corrected chi connectivity index (χ0v) is 15.6. The highest BCUT2D eigenvalue weighted by Gasteiger charge is 2.27. The van der Waals surface area contributed by atoms with Crippen LogP contribution in [0, 0.1) is 5.82 Å². The fourth-order valence-corrected chi connectivity index (χ4v) is 3.41. The number of ether oxygens (including phenoxy) is 2. The number of aromatic nitrogens is 4. The van der Waals surface area contributed by atoms with Crippen LogP contribution in [0.3, 0.4) is 0 Å². The van der Waals surface area contributed by atoms with Crippen molar-refractivity contribution >= 4 is 0 Å². The first-order chi connectivity index (χ1) is 14.2. The summed E-state index contributed by atoms with van der Waals surface area (Å²) in [5.41, 5.74) is 2.74.